The van der Waals surface area contributed by atoms with Gasteiger partial charge in [-0.25, -0.2) is 0 Å². The third kappa shape index (κ3) is 4.34. The van der Waals surface area contributed by atoms with Crippen molar-refractivity contribution in [3.8, 4) is 0 Å². The lowest BCUT2D eigenvalue weighted by Gasteiger charge is -2.16. The normalized spacial score (nSPS) is 14.3. The fraction of sp³-hybridized carbons (Fsp3) is 0.286. The first-order valence-corrected chi connectivity index (χ1v) is 8.89. The molecule has 1 fully saturated rings. The highest BCUT2D eigenvalue weighted by atomic mass is 16.4. The molecule has 0 atom stereocenters. The molecule has 27 heavy (non-hydrogen) atoms. The Kier molecular flexibility index (Phi) is 5.26. The van der Waals surface area contributed by atoms with E-state index in [1.54, 1.807) is 24.3 Å². The van der Waals surface area contributed by atoms with Crippen molar-refractivity contribution < 1.29 is 19.5 Å². The lowest BCUT2D eigenvalue weighted by Crippen LogP contribution is -2.28. The van der Waals surface area contributed by atoms with Crippen molar-refractivity contribution in [2.75, 3.05) is 11.9 Å². The van der Waals surface area contributed by atoms with Crippen LogP contribution in [-0.2, 0) is 15.0 Å². The van der Waals surface area contributed by atoms with Gasteiger partial charge in [-0.3, -0.25) is 14.4 Å². The molecule has 6 nitrogen and oxygen atoms in total. The Hall–Kier alpha value is -3.15. The second-order valence-corrected chi connectivity index (χ2v) is 6.88. The van der Waals surface area contributed by atoms with Gasteiger partial charge in [-0.2, -0.15) is 0 Å². The largest absolute Gasteiger partial charge is 0.481 e. The summed E-state index contributed by atoms with van der Waals surface area (Å²) in [5.41, 5.74) is 2.75. The molecule has 2 amide bonds. The number of aryl methyl sites for hydroxylation is 1. The molecule has 2 aromatic carbocycles. The second-order valence-electron chi connectivity index (χ2n) is 6.88. The Morgan fingerprint density at radius 3 is 2.37 bits per heavy atom. The number of nitrogens with one attached hydrogen (secondary N) is 2. The van der Waals surface area contributed by atoms with E-state index >= 15 is 0 Å². The average molecular weight is 366 g/mol. The molecule has 0 bridgehead atoms. The summed E-state index contributed by atoms with van der Waals surface area (Å²) in [6.07, 6.45) is 1.53. The predicted molar refractivity (Wildman–Crippen MR) is 102 cm³/mol. The Morgan fingerprint density at radius 2 is 1.78 bits per heavy atom. The topological polar surface area (TPSA) is 95.5 Å². The van der Waals surface area contributed by atoms with E-state index in [4.69, 9.17) is 5.11 Å². The quantitative estimate of drug-likeness (QED) is 0.702. The van der Waals surface area contributed by atoms with Crippen LogP contribution >= 0.6 is 0 Å². The van der Waals surface area contributed by atoms with Crippen LogP contribution in [-0.4, -0.2) is 29.4 Å². The molecule has 0 spiro atoms. The molecule has 0 heterocycles. The number of amides is 2. The number of anilines is 1. The van der Waals surface area contributed by atoms with E-state index in [-0.39, 0.29) is 24.8 Å². The molecule has 0 radical (unpaired) electrons. The minimum absolute atomic E-state index is 0.0354. The summed E-state index contributed by atoms with van der Waals surface area (Å²) < 4.78 is 0. The van der Waals surface area contributed by atoms with E-state index in [0.717, 1.165) is 24.0 Å². The number of carbonyl (C=O) groups excluding carboxylic acids is 2. The maximum Gasteiger partial charge on any atom is 0.305 e. The molecule has 3 rings (SSSR count). The van der Waals surface area contributed by atoms with Gasteiger partial charge < -0.3 is 15.7 Å². The lowest BCUT2D eigenvalue weighted by atomic mass is 9.93. The van der Waals surface area contributed by atoms with Crippen molar-refractivity contribution in [2.45, 2.75) is 31.6 Å². The van der Waals surface area contributed by atoms with Crippen molar-refractivity contribution in [1.29, 1.82) is 0 Å². The van der Waals surface area contributed by atoms with Crippen LogP contribution in [0.2, 0.25) is 0 Å². The summed E-state index contributed by atoms with van der Waals surface area (Å²) in [4.78, 5) is 35.2. The first-order valence-electron chi connectivity index (χ1n) is 8.89. The Labute approximate surface area is 157 Å². The van der Waals surface area contributed by atoms with Crippen LogP contribution in [0.1, 0.15) is 40.7 Å². The molecule has 0 aliphatic heterocycles. The molecular formula is C21H22N2O4. The number of aliphatic carboxylic acids is 1. The third-order valence-electron chi connectivity index (χ3n) is 4.78. The first-order chi connectivity index (χ1) is 12.9. The Bertz CT molecular complexity index is 870. The number of hydrogen-bond acceptors (Lipinski definition) is 3. The van der Waals surface area contributed by atoms with E-state index in [1.807, 2.05) is 25.1 Å². The van der Waals surface area contributed by atoms with Crippen LogP contribution in [0.5, 0.6) is 0 Å². The summed E-state index contributed by atoms with van der Waals surface area (Å²) in [5, 5.41) is 14.1. The monoisotopic (exact) mass is 366 g/mol. The summed E-state index contributed by atoms with van der Waals surface area (Å²) >= 11 is 0. The van der Waals surface area contributed by atoms with Gasteiger partial charge in [-0.05, 0) is 49.6 Å². The van der Waals surface area contributed by atoms with E-state index in [1.165, 1.54) is 0 Å². The third-order valence-corrected chi connectivity index (χ3v) is 4.78. The van der Waals surface area contributed by atoms with Gasteiger partial charge in [-0.15, -0.1) is 0 Å². The average Bonchev–Trinajstić information content (AvgIpc) is 3.44. The highest BCUT2D eigenvalue weighted by Crippen LogP contribution is 2.49. The number of carboxylic acid groups (broad SMARTS) is 1. The van der Waals surface area contributed by atoms with Crippen LogP contribution in [0.15, 0.2) is 48.5 Å². The van der Waals surface area contributed by atoms with Gasteiger partial charge in [0.15, 0.2) is 0 Å². The number of carboxylic acids is 1. The summed E-state index contributed by atoms with van der Waals surface area (Å²) in [7, 11) is 0. The molecule has 140 valence electrons. The number of benzene rings is 2. The molecule has 0 unspecified atom stereocenters. The zero-order valence-corrected chi connectivity index (χ0v) is 15.1. The number of rotatable bonds is 7. The van der Waals surface area contributed by atoms with E-state index in [2.05, 4.69) is 16.7 Å². The fourth-order valence-electron chi connectivity index (χ4n) is 3.06. The minimum Gasteiger partial charge on any atom is -0.481 e. The van der Waals surface area contributed by atoms with Gasteiger partial charge >= 0.3 is 5.97 Å². The zero-order valence-electron chi connectivity index (χ0n) is 15.1. The highest BCUT2D eigenvalue weighted by molar-refractivity contribution is 6.02. The highest BCUT2D eigenvalue weighted by Gasteiger charge is 2.51. The van der Waals surface area contributed by atoms with Crippen LogP contribution in [0.3, 0.4) is 0 Å². The lowest BCUT2D eigenvalue weighted by molar-refractivity contribution is -0.136. The van der Waals surface area contributed by atoms with Gasteiger partial charge in [-0.1, -0.05) is 29.8 Å². The second kappa shape index (κ2) is 7.61. The maximum atomic E-state index is 12.8. The SMILES string of the molecule is Cc1cccc(C2(C(=O)Nc3ccc(C(=O)NCCC(=O)O)cc3)CC2)c1. The van der Waals surface area contributed by atoms with Crippen LogP contribution in [0, 0.1) is 6.92 Å². The van der Waals surface area contributed by atoms with E-state index in [0.29, 0.717) is 11.3 Å². The van der Waals surface area contributed by atoms with Crippen molar-refractivity contribution in [2.24, 2.45) is 0 Å². The van der Waals surface area contributed by atoms with Gasteiger partial charge in [0, 0.05) is 17.8 Å². The molecule has 3 N–H and O–H groups in total. The summed E-state index contributed by atoms with van der Waals surface area (Å²) in [6, 6.07) is 14.6. The van der Waals surface area contributed by atoms with E-state index < -0.39 is 11.4 Å². The molecular weight excluding hydrogens is 344 g/mol. The molecule has 1 saturated carbocycles. The standard InChI is InChI=1S/C21H22N2O4/c1-14-3-2-4-16(13-14)21(10-11-21)20(27)23-17-7-5-15(6-8-17)19(26)22-12-9-18(24)25/h2-8,13H,9-12H2,1H3,(H,22,26)(H,23,27)(H,24,25). The van der Waals surface area contributed by atoms with Crippen LogP contribution in [0.25, 0.3) is 0 Å². The minimum atomic E-state index is -0.962. The van der Waals surface area contributed by atoms with Gasteiger partial charge in [0.05, 0.1) is 11.8 Å². The molecule has 1 aliphatic carbocycles. The summed E-state index contributed by atoms with van der Waals surface area (Å²) in [5.74, 6) is -1.34. The van der Waals surface area contributed by atoms with E-state index in [9.17, 15) is 14.4 Å². The maximum absolute atomic E-state index is 12.8. The zero-order chi connectivity index (χ0) is 19.4. The van der Waals surface area contributed by atoms with Crippen molar-refractivity contribution in [3.63, 3.8) is 0 Å². The summed E-state index contributed by atoms with van der Waals surface area (Å²) in [6.45, 7) is 2.09. The molecule has 0 aromatic heterocycles. The number of carbonyl (C=O) groups is 3. The molecule has 0 saturated heterocycles. The first kappa shape index (κ1) is 18.6. The van der Waals surface area contributed by atoms with Gasteiger partial charge in [0.2, 0.25) is 5.91 Å². The predicted octanol–water partition coefficient (Wildman–Crippen LogP) is 2.87. The van der Waals surface area contributed by atoms with Gasteiger partial charge in [0.1, 0.15) is 0 Å². The van der Waals surface area contributed by atoms with Crippen LogP contribution < -0.4 is 10.6 Å². The molecule has 6 heteroatoms. The van der Waals surface area contributed by atoms with Crippen molar-refractivity contribution in [1.82, 2.24) is 5.32 Å². The van der Waals surface area contributed by atoms with Crippen molar-refractivity contribution in [3.05, 3.63) is 65.2 Å². The van der Waals surface area contributed by atoms with Crippen LogP contribution in [0.4, 0.5) is 5.69 Å². The molecule has 2 aromatic rings. The van der Waals surface area contributed by atoms with Crippen molar-refractivity contribution >= 4 is 23.5 Å². The van der Waals surface area contributed by atoms with Gasteiger partial charge in [0.25, 0.3) is 5.91 Å². The Morgan fingerprint density at radius 1 is 1.07 bits per heavy atom. The smallest absolute Gasteiger partial charge is 0.305 e. The number of hydrogen-bond donors (Lipinski definition) is 3. The molecule has 1 aliphatic rings. The Balaban J connectivity index is 1.62. The fourth-order valence-corrected chi connectivity index (χ4v) is 3.06.